The molecule has 2 aromatic carbocycles. The lowest BCUT2D eigenvalue weighted by Crippen LogP contribution is -2.22. The summed E-state index contributed by atoms with van der Waals surface area (Å²) >= 11 is 0. The van der Waals surface area contributed by atoms with Gasteiger partial charge in [0.2, 0.25) is 5.96 Å². The summed E-state index contributed by atoms with van der Waals surface area (Å²) in [7, 11) is 0. The molecule has 1 aliphatic rings. The van der Waals surface area contributed by atoms with Crippen molar-refractivity contribution in [3.8, 4) is 0 Å². The minimum absolute atomic E-state index is 0.0971. The first-order chi connectivity index (χ1) is 14.4. The number of guanidine groups is 1. The van der Waals surface area contributed by atoms with Crippen molar-refractivity contribution in [2.24, 2.45) is 26.7 Å². The zero-order valence-electron chi connectivity index (χ0n) is 16.9. The van der Waals surface area contributed by atoms with Crippen LogP contribution in [0.3, 0.4) is 0 Å². The van der Waals surface area contributed by atoms with Crippen LogP contribution in [0.5, 0.6) is 0 Å². The van der Waals surface area contributed by atoms with E-state index in [1.807, 2.05) is 56.3 Å². The zero-order valence-corrected chi connectivity index (χ0v) is 16.9. The fourth-order valence-corrected chi connectivity index (χ4v) is 3.42. The van der Waals surface area contributed by atoms with E-state index in [1.54, 1.807) is 0 Å². The Balaban J connectivity index is 1.55. The van der Waals surface area contributed by atoms with Crippen LogP contribution in [0.1, 0.15) is 41.9 Å². The molecule has 0 radical (unpaired) electrons. The molecule has 0 fully saturated rings. The van der Waals surface area contributed by atoms with Crippen LogP contribution < -0.4 is 16.8 Å². The van der Waals surface area contributed by atoms with E-state index in [-0.39, 0.29) is 11.9 Å². The Bertz CT molecular complexity index is 1230. The lowest BCUT2D eigenvalue weighted by atomic mass is 10.0. The molecule has 0 saturated carbocycles. The quantitative estimate of drug-likeness (QED) is 0.303. The van der Waals surface area contributed by atoms with Crippen molar-refractivity contribution in [2.45, 2.75) is 26.7 Å². The smallest absolute Gasteiger partial charge is 0.272 e. The highest BCUT2D eigenvalue weighted by Crippen LogP contribution is 2.29. The number of benzene rings is 2. The van der Waals surface area contributed by atoms with Crippen LogP contribution in [0.25, 0.3) is 10.9 Å². The molecule has 1 aliphatic heterocycles. The molecular weight excluding hydrogens is 378 g/mol. The topological polar surface area (TPSA) is 134 Å². The summed E-state index contributed by atoms with van der Waals surface area (Å²) < 4.78 is 0. The molecule has 4 rings (SSSR count). The van der Waals surface area contributed by atoms with E-state index in [0.717, 1.165) is 52.0 Å². The lowest BCUT2D eigenvalue weighted by molar-refractivity contribution is 0.102. The van der Waals surface area contributed by atoms with Crippen molar-refractivity contribution in [1.82, 2.24) is 4.98 Å². The highest BCUT2D eigenvalue weighted by Gasteiger charge is 2.14. The van der Waals surface area contributed by atoms with Gasteiger partial charge in [-0.25, -0.2) is 0 Å². The third-order valence-corrected chi connectivity index (χ3v) is 5.00. The van der Waals surface area contributed by atoms with Gasteiger partial charge in [0, 0.05) is 22.3 Å². The van der Waals surface area contributed by atoms with Gasteiger partial charge in [-0.2, -0.15) is 5.10 Å². The van der Waals surface area contributed by atoms with Crippen LogP contribution in [-0.2, 0) is 6.42 Å². The SMILES string of the molecule is CC1=Nc2ccc(NC(=O)c3cc4cc(/C(C)=N\N=C(N)N)ccc4[nH]3)cc2CC1. The maximum atomic E-state index is 12.8. The number of carbonyl (C=O) groups is 1. The summed E-state index contributed by atoms with van der Waals surface area (Å²) in [6, 6.07) is 13.4. The van der Waals surface area contributed by atoms with E-state index >= 15 is 0 Å². The van der Waals surface area contributed by atoms with E-state index in [2.05, 4.69) is 25.5 Å². The molecule has 0 spiro atoms. The largest absolute Gasteiger partial charge is 0.369 e. The van der Waals surface area contributed by atoms with Gasteiger partial charge in [0.1, 0.15) is 5.69 Å². The zero-order chi connectivity index (χ0) is 21.3. The summed E-state index contributed by atoms with van der Waals surface area (Å²) in [5.41, 5.74) is 17.5. The van der Waals surface area contributed by atoms with E-state index < -0.39 is 0 Å². The van der Waals surface area contributed by atoms with Crippen molar-refractivity contribution >= 4 is 45.6 Å². The number of aromatic nitrogens is 1. The molecule has 1 amide bonds. The fourth-order valence-electron chi connectivity index (χ4n) is 3.42. The Morgan fingerprint density at radius 2 is 1.93 bits per heavy atom. The fraction of sp³-hybridized carbons (Fsp3) is 0.182. The number of aromatic amines is 1. The molecule has 0 aliphatic carbocycles. The monoisotopic (exact) mass is 401 g/mol. The number of fused-ring (bicyclic) bond motifs is 2. The molecule has 0 saturated heterocycles. The Kier molecular flexibility index (Phi) is 5.05. The third-order valence-electron chi connectivity index (χ3n) is 5.00. The predicted octanol–water partition coefficient (Wildman–Crippen LogP) is 3.46. The minimum atomic E-state index is -0.200. The van der Waals surface area contributed by atoms with Crippen molar-refractivity contribution in [3.05, 3.63) is 59.3 Å². The van der Waals surface area contributed by atoms with Crippen molar-refractivity contribution in [3.63, 3.8) is 0 Å². The molecule has 6 N–H and O–H groups in total. The number of nitrogens with one attached hydrogen (secondary N) is 2. The van der Waals surface area contributed by atoms with Crippen molar-refractivity contribution in [1.29, 1.82) is 0 Å². The summed E-state index contributed by atoms with van der Waals surface area (Å²) in [6.07, 6.45) is 1.88. The molecule has 2 heterocycles. The minimum Gasteiger partial charge on any atom is -0.369 e. The van der Waals surface area contributed by atoms with E-state index in [9.17, 15) is 4.79 Å². The third kappa shape index (κ3) is 4.07. The van der Waals surface area contributed by atoms with Gasteiger partial charge in [0.05, 0.1) is 11.4 Å². The second-order valence-electron chi connectivity index (χ2n) is 7.34. The van der Waals surface area contributed by atoms with Gasteiger partial charge in [0.25, 0.3) is 5.91 Å². The average molecular weight is 401 g/mol. The molecule has 0 unspecified atom stereocenters. The van der Waals surface area contributed by atoms with Crippen molar-refractivity contribution in [2.75, 3.05) is 5.32 Å². The van der Waals surface area contributed by atoms with Crippen LogP contribution in [0.15, 0.2) is 57.7 Å². The number of aryl methyl sites for hydroxylation is 1. The first kappa shape index (κ1) is 19.4. The molecule has 8 nitrogen and oxygen atoms in total. The molecule has 0 atom stereocenters. The van der Waals surface area contributed by atoms with Gasteiger partial charge in [0.15, 0.2) is 0 Å². The normalized spacial score (nSPS) is 13.5. The Hall–Kier alpha value is -3.94. The standard InChI is InChI=1S/C22H23N7O/c1-12-3-4-15-10-17(6-8-18(15)25-12)26-21(30)20-11-16-9-14(5-7-19(16)27-20)13(2)28-29-22(23)24/h5-11,27H,3-4H2,1-2H3,(H,26,30)(H4,23,24,29)/b28-13-. The molecule has 3 aromatic rings. The summed E-state index contributed by atoms with van der Waals surface area (Å²) in [4.78, 5) is 20.5. The van der Waals surface area contributed by atoms with Gasteiger partial charge in [-0.15, -0.1) is 5.10 Å². The summed E-state index contributed by atoms with van der Waals surface area (Å²) in [5, 5.41) is 11.5. The maximum absolute atomic E-state index is 12.8. The van der Waals surface area contributed by atoms with E-state index in [1.165, 1.54) is 0 Å². The van der Waals surface area contributed by atoms with Gasteiger partial charge in [-0.05, 0) is 74.2 Å². The average Bonchev–Trinajstić information content (AvgIpc) is 3.15. The van der Waals surface area contributed by atoms with E-state index in [0.29, 0.717) is 11.4 Å². The number of hydrogen-bond acceptors (Lipinski definition) is 4. The van der Waals surface area contributed by atoms with Crippen LogP contribution in [0.2, 0.25) is 0 Å². The first-order valence-corrected chi connectivity index (χ1v) is 9.64. The van der Waals surface area contributed by atoms with Gasteiger partial charge < -0.3 is 21.8 Å². The number of nitrogens with two attached hydrogens (primary N) is 2. The predicted molar refractivity (Wildman–Crippen MR) is 122 cm³/mol. The number of H-pyrrole nitrogens is 1. The number of anilines is 1. The molecule has 152 valence electrons. The molecule has 0 bridgehead atoms. The number of aliphatic imine (C=N–C) groups is 1. The van der Waals surface area contributed by atoms with E-state index in [4.69, 9.17) is 11.5 Å². The Morgan fingerprint density at radius 3 is 2.73 bits per heavy atom. The van der Waals surface area contributed by atoms with Crippen molar-refractivity contribution < 1.29 is 4.79 Å². The highest BCUT2D eigenvalue weighted by molar-refractivity contribution is 6.07. The van der Waals surface area contributed by atoms with Gasteiger partial charge >= 0.3 is 0 Å². The highest BCUT2D eigenvalue weighted by atomic mass is 16.1. The number of rotatable bonds is 4. The molecule has 30 heavy (non-hydrogen) atoms. The molecule has 1 aromatic heterocycles. The second-order valence-corrected chi connectivity index (χ2v) is 7.34. The number of nitrogens with zero attached hydrogens (tertiary/aromatic N) is 3. The number of amides is 1. The van der Waals surface area contributed by atoms with Crippen LogP contribution in [0.4, 0.5) is 11.4 Å². The number of hydrogen-bond donors (Lipinski definition) is 4. The van der Waals surface area contributed by atoms with Crippen LogP contribution in [0, 0.1) is 0 Å². The van der Waals surface area contributed by atoms with Crippen LogP contribution in [-0.4, -0.2) is 28.3 Å². The summed E-state index contributed by atoms with van der Waals surface area (Å²) in [6.45, 7) is 3.85. The lowest BCUT2D eigenvalue weighted by Gasteiger charge is -2.14. The first-order valence-electron chi connectivity index (χ1n) is 9.64. The Morgan fingerprint density at radius 1 is 1.10 bits per heavy atom. The van der Waals surface area contributed by atoms with Gasteiger partial charge in [-0.3, -0.25) is 9.79 Å². The second kappa shape index (κ2) is 7.82. The maximum Gasteiger partial charge on any atom is 0.272 e. The van der Waals surface area contributed by atoms with Gasteiger partial charge in [-0.1, -0.05) is 6.07 Å². The Labute approximate surface area is 173 Å². The molecular formula is C22H23N7O. The molecule has 8 heteroatoms. The number of carbonyl (C=O) groups excluding carboxylic acids is 1. The summed E-state index contributed by atoms with van der Waals surface area (Å²) in [5.74, 6) is -0.297. The van der Waals surface area contributed by atoms with Crippen LogP contribution >= 0.6 is 0 Å².